The highest BCUT2D eigenvalue weighted by molar-refractivity contribution is 9.10. The van der Waals surface area contributed by atoms with Gasteiger partial charge in [0.15, 0.2) is 0 Å². The second-order valence-corrected chi connectivity index (χ2v) is 5.00. The zero-order valence-corrected chi connectivity index (χ0v) is 10.8. The van der Waals surface area contributed by atoms with Crippen LogP contribution in [0.15, 0.2) is 28.7 Å². The topological polar surface area (TPSA) is 26.3 Å². The highest BCUT2D eigenvalue weighted by Crippen LogP contribution is 2.24. The molecule has 0 N–H and O–H groups in total. The Balaban J connectivity index is 2.71. The van der Waals surface area contributed by atoms with Crippen LogP contribution in [0.4, 0.5) is 0 Å². The van der Waals surface area contributed by atoms with Gasteiger partial charge in [-0.15, -0.1) is 0 Å². The predicted molar refractivity (Wildman–Crippen MR) is 63.8 cm³/mol. The molecule has 0 spiro atoms. The summed E-state index contributed by atoms with van der Waals surface area (Å²) in [6.07, 6.45) is 0.766. The van der Waals surface area contributed by atoms with E-state index in [1.54, 1.807) is 12.1 Å². The van der Waals surface area contributed by atoms with Gasteiger partial charge in [0.05, 0.1) is 5.41 Å². The third-order valence-electron chi connectivity index (χ3n) is 2.46. The summed E-state index contributed by atoms with van der Waals surface area (Å²) in [4.78, 5) is 11.7. The van der Waals surface area contributed by atoms with Gasteiger partial charge in [0.25, 0.3) is 0 Å². The Labute approximate surface area is 98.8 Å². The molecule has 0 fully saturated rings. The lowest BCUT2D eigenvalue weighted by Crippen LogP contribution is -2.28. The lowest BCUT2D eigenvalue weighted by molar-refractivity contribution is -0.144. The van der Waals surface area contributed by atoms with E-state index in [-0.39, 0.29) is 5.97 Å². The molecule has 0 atom stereocenters. The van der Waals surface area contributed by atoms with Gasteiger partial charge in [-0.1, -0.05) is 22.9 Å². The van der Waals surface area contributed by atoms with Gasteiger partial charge in [0.2, 0.25) is 0 Å². The Kier molecular flexibility index (Phi) is 3.91. The lowest BCUT2D eigenvalue weighted by Gasteiger charge is -2.19. The van der Waals surface area contributed by atoms with Gasteiger partial charge in [-0.25, -0.2) is 0 Å². The smallest absolute Gasteiger partial charge is 0.316 e. The molecule has 0 amide bonds. The van der Waals surface area contributed by atoms with E-state index < -0.39 is 5.41 Å². The predicted octanol–water partition coefficient (Wildman–Crippen LogP) is 3.79. The Morgan fingerprint density at radius 3 is 2.33 bits per heavy atom. The van der Waals surface area contributed by atoms with Crippen molar-refractivity contribution in [3.05, 3.63) is 28.7 Å². The number of benzene rings is 1. The summed E-state index contributed by atoms with van der Waals surface area (Å²) in [6.45, 7) is 5.74. The number of hydrogen-bond donors (Lipinski definition) is 0. The van der Waals surface area contributed by atoms with Crippen LogP contribution >= 0.6 is 15.9 Å². The minimum absolute atomic E-state index is 0.188. The van der Waals surface area contributed by atoms with Gasteiger partial charge in [-0.3, -0.25) is 4.79 Å². The maximum Gasteiger partial charge on any atom is 0.316 e. The van der Waals surface area contributed by atoms with E-state index in [1.165, 1.54) is 0 Å². The van der Waals surface area contributed by atoms with E-state index in [4.69, 9.17) is 4.74 Å². The molecule has 0 heterocycles. The first-order valence-corrected chi connectivity index (χ1v) is 5.73. The van der Waals surface area contributed by atoms with Crippen LogP contribution in [0.1, 0.15) is 27.2 Å². The third kappa shape index (κ3) is 3.34. The fraction of sp³-hybridized carbons (Fsp3) is 0.417. The average Bonchev–Trinajstić information content (AvgIpc) is 2.21. The van der Waals surface area contributed by atoms with E-state index in [0.717, 1.165) is 10.9 Å². The fourth-order valence-electron chi connectivity index (χ4n) is 0.892. The number of halogens is 1. The van der Waals surface area contributed by atoms with Crippen LogP contribution in [0.2, 0.25) is 0 Å². The summed E-state index contributed by atoms with van der Waals surface area (Å²) in [5, 5.41) is 0. The van der Waals surface area contributed by atoms with E-state index in [9.17, 15) is 4.79 Å². The fourth-order valence-corrected chi connectivity index (χ4v) is 1.16. The molecule has 0 saturated carbocycles. The number of esters is 1. The lowest BCUT2D eigenvalue weighted by atomic mass is 9.91. The molecule has 0 aromatic heterocycles. The van der Waals surface area contributed by atoms with E-state index >= 15 is 0 Å². The quantitative estimate of drug-likeness (QED) is 0.617. The number of carbonyl (C=O) groups excluding carboxylic acids is 1. The highest BCUT2D eigenvalue weighted by atomic mass is 79.9. The molecule has 15 heavy (non-hydrogen) atoms. The molecule has 1 aromatic carbocycles. The first kappa shape index (κ1) is 12.2. The van der Waals surface area contributed by atoms with Crippen molar-refractivity contribution < 1.29 is 9.53 Å². The Morgan fingerprint density at radius 1 is 1.33 bits per heavy atom. The molecular weight excluding hydrogens is 256 g/mol. The van der Waals surface area contributed by atoms with Crippen LogP contribution in [0.25, 0.3) is 0 Å². The first-order valence-electron chi connectivity index (χ1n) is 4.93. The molecular formula is C12H15BrO2. The molecule has 0 aliphatic heterocycles. The molecule has 2 nitrogen and oxygen atoms in total. The van der Waals surface area contributed by atoms with Crippen LogP contribution in [0.5, 0.6) is 5.75 Å². The van der Waals surface area contributed by atoms with Crippen molar-refractivity contribution in [1.29, 1.82) is 0 Å². The molecule has 82 valence electrons. The maximum absolute atomic E-state index is 11.7. The molecule has 0 unspecified atom stereocenters. The highest BCUT2D eigenvalue weighted by Gasteiger charge is 2.27. The Hall–Kier alpha value is -0.830. The molecule has 1 aromatic rings. The second kappa shape index (κ2) is 4.79. The van der Waals surface area contributed by atoms with Gasteiger partial charge < -0.3 is 4.74 Å². The molecule has 3 heteroatoms. The molecule has 0 bridgehead atoms. The second-order valence-electron chi connectivity index (χ2n) is 4.08. The van der Waals surface area contributed by atoms with Crippen LogP contribution in [0, 0.1) is 5.41 Å². The molecule has 0 aliphatic rings. The summed E-state index contributed by atoms with van der Waals surface area (Å²) in [7, 11) is 0. The maximum atomic E-state index is 11.7. The van der Waals surface area contributed by atoms with Crippen LogP contribution in [0.3, 0.4) is 0 Å². The number of hydrogen-bond acceptors (Lipinski definition) is 2. The van der Waals surface area contributed by atoms with E-state index in [1.807, 2.05) is 32.9 Å². The average molecular weight is 271 g/mol. The summed E-state index contributed by atoms with van der Waals surface area (Å²) in [5.41, 5.74) is -0.424. The first-order chi connectivity index (χ1) is 6.95. The van der Waals surface area contributed by atoms with Crippen LogP contribution < -0.4 is 4.74 Å². The number of ether oxygens (including phenoxy) is 1. The SMILES string of the molecule is CCC(C)(C)C(=O)Oc1ccc(Br)cc1. The minimum atomic E-state index is -0.424. The minimum Gasteiger partial charge on any atom is -0.426 e. The van der Waals surface area contributed by atoms with Crippen LogP contribution in [-0.4, -0.2) is 5.97 Å². The van der Waals surface area contributed by atoms with Crippen molar-refractivity contribution in [2.45, 2.75) is 27.2 Å². The number of carbonyl (C=O) groups is 1. The molecule has 1 rings (SSSR count). The zero-order chi connectivity index (χ0) is 11.5. The third-order valence-corrected chi connectivity index (χ3v) is 2.99. The van der Waals surface area contributed by atoms with Gasteiger partial charge in [0.1, 0.15) is 5.75 Å². The van der Waals surface area contributed by atoms with Gasteiger partial charge >= 0.3 is 5.97 Å². The molecule has 0 saturated heterocycles. The Bertz CT molecular complexity index is 341. The monoisotopic (exact) mass is 270 g/mol. The van der Waals surface area contributed by atoms with E-state index in [2.05, 4.69) is 15.9 Å². The molecule has 0 radical (unpaired) electrons. The number of rotatable bonds is 3. The van der Waals surface area contributed by atoms with Crippen molar-refractivity contribution in [3.63, 3.8) is 0 Å². The largest absolute Gasteiger partial charge is 0.426 e. The van der Waals surface area contributed by atoms with Gasteiger partial charge in [-0.05, 0) is 44.5 Å². The zero-order valence-electron chi connectivity index (χ0n) is 9.21. The van der Waals surface area contributed by atoms with Crippen molar-refractivity contribution >= 4 is 21.9 Å². The van der Waals surface area contributed by atoms with Crippen molar-refractivity contribution in [2.75, 3.05) is 0 Å². The summed E-state index contributed by atoms with van der Waals surface area (Å²) >= 11 is 3.32. The van der Waals surface area contributed by atoms with Crippen molar-refractivity contribution in [1.82, 2.24) is 0 Å². The molecule has 0 aliphatic carbocycles. The summed E-state index contributed by atoms with van der Waals surface area (Å²) in [6, 6.07) is 7.24. The van der Waals surface area contributed by atoms with Crippen molar-refractivity contribution in [3.8, 4) is 5.75 Å². The summed E-state index contributed by atoms with van der Waals surface area (Å²) in [5.74, 6) is 0.400. The summed E-state index contributed by atoms with van der Waals surface area (Å²) < 4.78 is 6.23. The van der Waals surface area contributed by atoms with Crippen molar-refractivity contribution in [2.24, 2.45) is 5.41 Å². The Morgan fingerprint density at radius 2 is 1.87 bits per heavy atom. The van der Waals surface area contributed by atoms with Gasteiger partial charge in [-0.2, -0.15) is 0 Å². The van der Waals surface area contributed by atoms with Crippen LogP contribution in [-0.2, 0) is 4.79 Å². The van der Waals surface area contributed by atoms with Gasteiger partial charge in [0, 0.05) is 4.47 Å². The normalized spacial score (nSPS) is 11.2. The standard InChI is InChI=1S/C12H15BrO2/c1-4-12(2,3)11(14)15-10-7-5-9(13)6-8-10/h5-8H,4H2,1-3H3. The van der Waals surface area contributed by atoms with E-state index in [0.29, 0.717) is 5.75 Å².